The van der Waals surface area contributed by atoms with Crippen LogP contribution in [0.2, 0.25) is 0 Å². The molecule has 140 valence electrons. The number of carbonyl (C=O) groups is 1. The summed E-state index contributed by atoms with van der Waals surface area (Å²) in [4.78, 5) is 20.1. The van der Waals surface area contributed by atoms with E-state index in [0.717, 1.165) is 18.5 Å². The fourth-order valence-corrected chi connectivity index (χ4v) is 4.09. The van der Waals surface area contributed by atoms with E-state index in [2.05, 4.69) is 47.6 Å². The third kappa shape index (κ3) is 3.95. The monoisotopic (exact) mass is 381 g/mol. The van der Waals surface area contributed by atoms with E-state index < -0.39 is 0 Å². The normalized spacial score (nSPS) is 17.2. The van der Waals surface area contributed by atoms with Crippen LogP contribution in [0.1, 0.15) is 48.4 Å². The van der Waals surface area contributed by atoms with Crippen LogP contribution in [0.5, 0.6) is 0 Å². The van der Waals surface area contributed by atoms with E-state index in [1.165, 1.54) is 10.4 Å². The molecule has 0 bridgehead atoms. The van der Waals surface area contributed by atoms with Crippen molar-refractivity contribution < 1.29 is 9.32 Å². The second kappa shape index (κ2) is 7.64. The minimum Gasteiger partial charge on any atom is -0.342 e. The van der Waals surface area contributed by atoms with E-state index in [-0.39, 0.29) is 11.8 Å². The minimum absolute atomic E-state index is 0.0166. The Morgan fingerprint density at radius 2 is 2.07 bits per heavy atom. The number of thiophene rings is 1. The molecule has 1 fully saturated rings. The summed E-state index contributed by atoms with van der Waals surface area (Å²) in [7, 11) is 0. The van der Waals surface area contributed by atoms with Crippen LogP contribution in [0.25, 0.3) is 11.4 Å². The molecule has 3 heterocycles. The number of hydrogen-bond donors (Lipinski definition) is 0. The summed E-state index contributed by atoms with van der Waals surface area (Å²) in [5.74, 6) is 1.79. The Kier molecular flexibility index (Phi) is 5.07. The average molecular weight is 382 g/mol. The van der Waals surface area contributed by atoms with Crippen LogP contribution in [-0.2, 0) is 11.2 Å². The van der Waals surface area contributed by atoms with E-state index in [4.69, 9.17) is 4.52 Å². The van der Waals surface area contributed by atoms with E-state index in [1.807, 2.05) is 23.1 Å². The molecule has 1 amide bonds. The quantitative estimate of drug-likeness (QED) is 0.632. The first-order chi connectivity index (χ1) is 13.1. The molecule has 1 atom stereocenters. The van der Waals surface area contributed by atoms with E-state index in [1.54, 1.807) is 11.3 Å². The maximum absolute atomic E-state index is 12.3. The van der Waals surface area contributed by atoms with E-state index >= 15 is 0 Å². The van der Waals surface area contributed by atoms with Crippen LogP contribution < -0.4 is 0 Å². The lowest BCUT2D eigenvalue weighted by atomic mass is 10.0. The highest BCUT2D eigenvalue weighted by Crippen LogP contribution is 2.29. The lowest BCUT2D eigenvalue weighted by molar-refractivity contribution is -0.127. The van der Waals surface area contributed by atoms with Crippen molar-refractivity contribution in [1.29, 1.82) is 0 Å². The molecule has 6 heteroatoms. The van der Waals surface area contributed by atoms with Crippen molar-refractivity contribution in [3.05, 3.63) is 58.1 Å². The zero-order valence-corrected chi connectivity index (χ0v) is 16.4. The Morgan fingerprint density at radius 1 is 1.26 bits per heavy atom. The molecule has 1 aliphatic heterocycles. The topological polar surface area (TPSA) is 59.2 Å². The molecule has 1 aromatic carbocycles. The van der Waals surface area contributed by atoms with Gasteiger partial charge in [0, 0.05) is 30.0 Å². The van der Waals surface area contributed by atoms with Gasteiger partial charge in [0.25, 0.3) is 0 Å². The Bertz CT molecular complexity index is 900. The highest BCUT2D eigenvalue weighted by molar-refractivity contribution is 7.09. The smallest absolute Gasteiger partial charge is 0.232 e. The van der Waals surface area contributed by atoms with Gasteiger partial charge in [-0.15, -0.1) is 11.3 Å². The summed E-state index contributed by atoms with van der Waals surface area (Å²) in [6.45, 7) is 5.73. The summed E-state index contributed by atoms with van der Waals surface area (Å²) in [5.41, 5.74) is 2.22. The second-order valence-corrected chi connectivity index (χ2v) is 8.34. The van der Waals surface area contributed by atoms with Crippen molar-refractivity contribution in [2.75, 3.05) is 13.1 Å². The van der Waals surface area contributed by atoms with Gasteiger partial charge in [-0.05, 0) is 29.3 Å². The predicted molar refractivity (Wildman–Crippen MR) is 106 cm³/mol. The molecule has 0 aliphatic carbocycles. The third-order valence-electron chi connectivity index (χ3n) is 5.05. The van der Waals surface area contributed by atoms with Crippen molar-refractivity contribution in [2.45, 2.75) is 38.5 Å². The molecule has 0 radical (unpaired) electrons. The van der Waals surface area contributed by atoms with Crippen LogP contribution in [0, 0.1) is 0 Å². The molecule has 0 spiro atoms. The Morgan fingerprint density at radius 3 is 2.78 bits per heavy atom. The Hall–Kier alpha value is -2.47. The number of amides is 1. The summed E-state index contributed by atoms with van der Waals surface area (Å²) in [6, 6.07) is 12.4. The van der Waals surface area contributed by atoms with Gasteiger partial charge in [-0.25, -0.2) is 0 Å². The van der Waals surface area contributed by atoms with Gasteiger partial charge < -0.3 is 9.42 Å². The van der Waals surface area contributed by atoms with Gasteiger partial charge in [0.1, 0.15) is 0 Å². The first kappa shape index (κ1) is 17.9. The van der Waals surface area contributed by atoms with Gasteiger partial charge in [0.15, 0.2) is 0 Å². The maximum atomic E-state index is 12.3. The average Bonchev–Trinajstić information content (AvgIpc) is 3.41. The number of rotatable bonds is 6. The molecule has 3 aromatic rings. The molecule has 27 heavy (non-hydrogen) atoms. The summed E-state index contributed by atoms with van der Waals surface area (Å²) in [6.07, 6.45) is 1.34. The molecule has 0 N–H and O–H groups in total. The summed E-state index contributed by atoms with van der Waals surface area (Å²) in [5, 5.41) is 6.20. The zero-order chi connectivity index (χ0) is 18.8. The van der Waals surface area contributed by atoms with Gasteiger partial charge in [-0.3, -0.25) is 4.79 Å². The molecular weight excluding hydrogens is 358 g/mol. The number of nitrogens with zero attached hydrogens (tertiary/aromatic N) is 3. The van der Waals surface area contributed by atoms with Gasteiger partial charge in [-0.1, -0.05) is 49.3 Å². The largest absolute Gasteiger partial charge is 0.342 e. The highest BCUT2D eigenvalue weighted by Gasteiger charge is 2.34. The maximum Gasteiger partial charge on any atom is 0.232 e. The SMILES string of the molecule is CC(C)c1ccc(-c2noc(C3CC(=O)N(CCc4cccs4)C3)n2)cc1. The second-order valence-electron chi connectivity index (χ2n) is 7.30. The van der Waals surface area contributed by atoms with Crippen molar-refractivity contribution in [3.63, 3.8) is 0 Å². The first-order valence-electron chi connectivity index (χ1n) is 9.34. The van der Waals surface area contributed by atoms with Gasteiger partial charge in [0.2, 0.25) is 17.6 Å². The van der Waals surface area contributed by atoms with Gasteiger partial charge in [-0.2, -0.15) is 4.98 Å². The molecule has 2 aromatic heterocycles. The van der Waals surface area contributed by atoms with Crippen molar-refractivity contribution >= 4 is 17.2 Å². The fourth-order valence-electron chi connectivity index (χ4n) is 3.39. The molecule has 1 aliphatic rings. The predicted octanol–water partition coefficient (Wildman–Crippen LogP) is 4.48. The highest BCUT2D eigenvalue weighted by atomic mass is 32.1. The first-order valence-corrected chi connectivity index (χ1v) is 10.2. The summed E-state index contributed by atoms with van der Waals surface area (Å²) < 4.78 is 5.49. The van der Waals surface area contributed by atoms with Crippen LogP contribution >= 0.6 is 11.3 Å². The zero-order valence-electron chi connectivity index (χ0n) is 15.6. The number of aromatic nitrogens is 2. The molecule has 5 nitrogen and oxygen atoms in total. The number of carbonyl (C=O) groups excluding carboxylic acids is 1. The lowest BCUT2D eigenvalue weighted by Crippen LogP contribution is -2.27. The van der Waals surface area contributed by atoms with Crippen molar-refractivity contribution in [3.8, 4) is 11.4 Å². The standard InChI is InChI=1S/C21H23N3O2S/c1-14(2)15-5-7-16(8-6-15)20-22-21(26-23-20)17-12-19(25)24(13-17)10-9-18-4-3-11-27-18/h3-8,11,14,17H,9-10,12-13H2,1-2H3. The number of likely N-dealkylation sites (tertiary alicyclic amines) is 1. The van der Waals surface area contributed by atoms with Crippen LogP contribution in [0.15, 0.2) is 46.3 Å². The van der Waals surface area contributed by atoms with Crippen LogP contribution in [0.4, 0.5) is 0 Å². The van der Waals surface area contributed by atoms with Crippen LogP contribution in [-0.4, -0.2) is 34.0 Å². The Labute approximate surface area is 163 Å². The lowest BCUT2D eigenvalue weighted by Gasteiger charge is -2.15. The van der Waals surface area contributed by atoms with Gasteiger partial charge >= 0.3 is 0 Å². The molecule has 0 saturated carbocycles. The molecule has 1 saturated heterocycles. The van der Waals surface area contributed by atoms with E-state index in [9.17, 15) is 4.79 Å². The van der Waals surface area contributed by atoms with Crippen molar-refractivity contribution in [1.82, 2.24) is 15.0 Å². The summed E-state index contributed by atoms with van der Waals surface area (Å²) >= 11 is 1.73. The number of benzene rings is 1. The van der Waals surface area contributed by atoms with E-state index in [0.29, 0.717) is 30.6 Å². The number of hydrogen-bond acceptors (Lipinski definition) is 5. The molecular formula is C21H23N3O2S. The molecule has 1 unspecified atom stereocenters. The fraction of sp³-hybridized carbons (Fsp3) is 0.381. The minimum atomic E-state index is -0.0166. The van der Waals surface area contributed by atoms with Gasteiger partial charge in [0.05, 0.1) is 5.92 Å². The van der Waals surface area contributed by atoms with Crippen molar-refractivity contribution in [2.24, 2.45) is 0 Å². The molecule has 4 rings (SSSR count). The third-order valence-corrected chi connectivity index (χ3v) is 5.99. The van der Waals surface area contributed by atoms with Crippen LogP contribution in [0.3, 0.4) is 0 Å². The Balaban J connectivity index is 1.41.